The Labute approximate surface area is 113 Å². The van der Waals surface area contributed by atoms with E-state index in [1.54, 1.807) is 19.1 Å². The van der Waals surface area contributed by atoms with Gasteiger partial charge in [0.2, 0.25) is 0 Å². The maximum absolute atomic E-state index is 11.0. The first-order valence-corrected chi connectivity index (χ1v) is 6.69. The van der Waals surface area contributed by atoms with Gasteiger partial charge in [0.1, 0.15) is 5.82 Å². The molecule has 1 atom stereocenters. The van der Waals surface area contributed by atoms with Gasteiger partial charge < -0.3 is 14.7 Å². The number of pyridine rings is 1. The first-order valence-electron chi connectivity index (χ1n) is 6.69. The molecule has 5 heteroatoms. The highest BCUT2D eigenvalue weighted by Crippen LogP contribution is 2.19. The average Bonchev–Trinajstić information content (AvgIpc) is 2.88. The number of ether oxygens (including phenoxy) is 1. The van der Waals surface area contributed by atoms with E-state index in [9.17, 15) is 4.79 Å². The molecule has 0 radical (unpaired) electrons. The fraction of sp³-hybridized carbons (Fsp3) is 0.571. The van der Waals surface area contributed by atoms with Crippen LogP contribution in [0.5, 0.6) is 0 Å². The molecule has 1 saturated heterocycles. The van der Waals surface area contributed by atoms with E-state index in [0.717, 1.165) is 38.4 Å². The van der Waals surface area contributed by atoms with Crippen LogP contribution in [0.2, 0.25) is 0 Å². The first-order chi connectivity index (χ1) is 9.11. The second kappa shape index (κ2) is 6.02. The van der Waals surface area contributed by atoms with Crippen LogP contribution in [0.1, 0.15) is 35.8 Å². The second-order valence-corrected chi connectivity index (χ2v) is 4.78. The van der Waals surface area contributed by atoms with Crippen molar-refractivity contribution in [1.29, 1.82) is 0 Å². The molecular formula is C14H20N2O3. The topological polar surface area (TPSA) is 62.7 Å². The minimum absolute atomic E-state index is 0.261. The van der Waals surface area contributed by atoms with E-state index >= 15 is 0 Å². The summed E-state index contributed by atoms with van der Waals surface area (Å²) in [6, 6.07) is 3.40. The highest BCUT2D eigenvalue weighted by Gasteiger charge is 2.20. The van der Waals surface area contributed by atoms with Crippen LogP contribution >= 0.6 is 0 Å². The summed E-state index contributed by atoms with van der Waals surface area (Å²) in [4.78, 5) is 17.5. The molecule has 0 spiro atoms. The van der Waals surface area contributed by atoms with Crippen molar-refractivity contribution in [2.75, 3.05) is 24.6 Å². The Morgan fingerprint density at radius 2 is 2.37 bits per heavy atom. The fourth-order valence-electron chi connectivity index (χ4n) is 2.37. The standard InChI is InChI=1S/C14H20N2O3/c1-3-16(9-11-5-4-8-19-11)13-7-6-12(14(17)18)10(2)15-13/h6-7,11H,3-5,8-9H2,1-2H3,(H,17,18). The van der Waals surface area contributed by atoms with Gasteiger partial charge in [-0.3, -0.25) is 0 Å². The van der Waals surface area contributed by atoms with Gasteiger partial charge in [-0.15, -0.1) is 0 Å². The predicted octanol–water partition coefficient (Wildman–Crippen LogP) is 2.09. The third-order valence-electron chi connectivity index (χ3n) is 3.46. The zero-order valence-corrected chi connectivity index (χ0v) is 11.4. The largest absolute Gasteiger partial charge is 0.478 e. The van der Waals surface area contributed by atoms with E-state index in [4.69, 9.17) is 9.84 Å². The Balaban J connectivity index is 2.13. The van der Waals surface area contributed by atoms with E-state index in [0.29, 0.717) is 5.69 Å². The van der Waals surface area contributed by atoms with Crippen molar-refractivity contribution in [2.24, 2.45) is 0 Å². The molecule has 19 heavy (non-hydrogen) atoms. The molecule has 0 aromatic carbocycles. The fourth-order valence-corrected chi connectivity index (χ4v) is 2.37. The Kier molecular flexibility index (Phi) is 4.37. The van der Waals surface area contributed by atoms with Crippen molar-refractivity contribution >= 4 is 11.8 Å². The molecule has 1 aromatic heterocycles. The number of likely N-dealkylation sites (N-methyl/N-ethyl adjacent to an activating group) is 1. The lowest BCUT2D eigenvalue weighted by molar-refractivity contribution is 0.0695. The summed E-state index contributed by atoms with van der Waals surface area (Å²) in [6.07, 6.45) is 2.47. The van der Waals surface area contributed by atoms with Crippen LogP contribution in [0.25, 0.3) is 0 Å². The van der Waals surface area contributed by atoms with Gasteiger partial charge in [-0.25, -0.2) is 9.78 Å². The van der Waals surface area contributed by atoms with E-state index in [-0.39, 0.29) is 11.7 Å². The number of hydrogen-bond donors (Lipinski definition) is 1. The molecule has 0 amide bonds. The maximum Gasteiger partial charge on any atom is 0.337 e. The summed E-state index contributed by atoms with van der Waals surface area (Å²) < 4.78 is 5.64. The van der Waals surface area contributed by atoms with Crippen molar-refractivity contribution in [3.63, 3.8) is 0 Å². The van der Waals surface area contributed by atoms with Gasteiger partial charge in [-0.1, -0.05) is 0 Å². The van der Waals surface area contributed by atoms with Gasteiger partial charge in [0.15, 0.2) is 0 Å². The van der Waals surface area contributed by atoms with Crippen molar-refractivity contribution in [3.05, 3.63) is 23.4 Å². The van der Waals surface area contributed by atoms with Gasteiger partial charge in [0.05, 0.1) is 17.4 Å². The van der Waals surface area contributed by atoms with Crippen molar-refractivity contribution in [1.82, 2.24) is 4.98 Å². The van der Waals surface area contributed by atoms with Crippen LogP contribution in [0.15, 0.2) is 12.1 Å². The molecule has 0 saturated carbocycles. The normalized spacial score (nSPS) is 18.5. The molecule has 1 N–H and O–H groups in total. The monoisotopic (exact) mass is 264 g/mol. The number of nitrogens with zero attached hydrogens (tertiary/aromatic N) is 2. The summed E-state index contributed by atoms with van der Waals surface area (Å²) in [5, 5.41) is 9.01. The summed E-state index contributed by atoms with van der Waals surface area (Å²) in [6.45, 7) is 6.28. The molecule has 0 aliphatic carbocycles. The van der Waals surface area contributed by atoms with Crippen LogP contribution in [0.4, 0.5) is 5.82 Å². The number of anilines is 1. The summed E-state index contributed by atoms with van der Waals surface area (Å²) in [7, 11) is 0. The lowest BCUT2D eigenvalue weighted by atomic mass is 10.2. The van der Waals surface area contributed by atoms with Gasteiger partial charge in [-0.2, -0.15) is 0 Å². The summed E-state index contributed by atoms with van der Waals surface area (Å²) in [5.74, 6) is -0.112. The van der Waals surface area contributed by atoms with E-state index in [1.807, 2.05) is 0 Å². The molecule has 1 aliphatic heterocycles. The number of aromatic nitrogens is 1. The zero-order valence-electron chi connectivity index (χ0n) is 11.4. The number of aromatic carboxylic acids is 1. The summed E-state index contributed by atoms with van der Waals surface area (Å²) >= 11 is 0. The van der Waals surface area contributed by atoms with Gasteiger partial charge in [-0.05, 0) is 38.8 Å². The lowest BCUT2D eigenvalue weighted by Gasteiger charge is -2.25. The Bertz CT molecular complexity index is 456. The molecule has 1 unspecified atom stereocenters. The van der Waals surface area contributed by atoms with Gasteiger partial charge >= 0.3 is 5.97 Å². The average molecular weight is 264 g/mol. The maximum atomic E-state index is 11.0. The molecule has 104 valence electrons. The predicted molar refractivity (Wildman–Crippen MR) is 72.8 cm³/mol. The molecule has 2 heterocycles. The molecule has 5 nitrogen and oxygen atoms in total. The second-order valence-electron chi connectivity index (χ2n) is 4.78. The minimum Gasteiger partial charge on any atom is -0.478 e. The number of hydrogen-bond acceptors (Lipinski definition) is 4. The van der Waals surface area contributed by atoms with E-state index < -0.39 is 5.97 Å². The number of carboxylic acid groups (broad SMARTS) is 1. The Hall–Kier alpha value is -1.62. The minimum atomic E-state index is -0.932. The smallest absolute Gasteiger partial charge is 0.337 e. The SMILES string of the molecule is CCN(CC1CCCO1)c1ccc(C(=O)O)c(C)n1. The molecule has 0 bridgehead atoms. The van der Waals surface area contributed by atoms with Crippen molar-refractivity contribution in [2.45, 2.75) is 32.8 Å². The number of carbonyl (C=O) groups is 1. The molecule has 2 rings (SSSR count). The van der Waals surface area contributed by atoms with Gasteiger partial charge in [0, 0.05) is 19.7 Å². The lowest BCUT2D eigenvalue weighted by Crippen LogP contribution is -2.32. The highest BCUT2D eigenvalue weighted by molar-refractivity contribution is 5.89. The summed E-state index contributed by atoms with van der Waals surface area (Å²) in [5.41, 5.74) is 0.813. The Morgan fingerprint density at radius 1 is 1.58 bits per heavy atom. The zero-order chi connectivity index (χ0) is 13.8. The van der Waals surface area contributed by atoms with Crippen LogP contribution < -0.4 is 4.90 Å². The van der Waals surface area contributed by atoms with Crippen LogP contribution in [0, 0.1) is 6.92 Å². The number of rotatable bonds is 5. The van der Waals surface area contributed by atoms with Crippen LogP contribution in [0.3, 0.4) is 0 Å². The first kappa shape index (κ1) is 13.8. The van der Waals surface area contributed by atoms with E-state index in [2.05, 4.69) is 16.8 Å². The number of carboxylic acids is 1. The van der Waals surface area contributed by atoms with Gasteiger partial charge in [0.25, 0.3) is 0 Å². The number of aryl methyl sites for hydroxylation is 1. The van der Waals surface area contributed by atoms with Crippen molar-refractivity contribution in [3.8, 4) is 0 Å². The highest BCUT2D eigenvalue weighted by atomic mass is 16.5. The molecule has 1 aromatic rings. The van der Waals surface area contributed by atoms with Crippen molar-refractivity contribution < 1.29 is 14.6 Å². The molecular weight excluding hydrogens is 244 g/mol. The third kappa shape index (κ3) is 3.23. The Morgan fingerprint density at radius 3 is 2.89 bits per heavy atom. The molecule has 1 fully saturated rings. The van der Waals surface area contributed by atoms with Crippen LogP contribution in [-0.2, 0) is 4.74 Å². The molecule has 1 aliphatic rings. The van der Waals surface area contributed by atoms with Crippen LogP contribution in [-0.4, -0.2) is 41.9 Å². The van der Waals surface area contributed by atoms with E-state index in [1.165, 1.54) is 0 Å². The quantitative estimate of drug-likeness (QED) is 0.882. The third-order valence-corrected chi connectivity index (χ3v) is 3.46.